The highest BCUT2D eigenvalue weighted by Gasteiger charge is 2.25. The Hall–Kier alpha value is -1.92. The summed E-state index contributed by atoms with van der Waals surface area (Å²) in [7, 11) is 2.07. The van der Waals surface area contributed by atoms with Crippen molar-refractivity contribution in [3.05, 3.63) is 29.6 Å². The number of anilines is 1. The highest BCUT2D eigenvalue weighted by Crippen LogP contribution is 2.29. The van der Waals surface area contributed by atoms with Crippen LogP contribution in [0.15, 0.2) is 22.7 Å². The first-order valence-electron chi connectivity index (χ1n) is 7.30. The summed E-state index contributed by atoms with van der Waals surface area (Å²) in [6, 6.07) is 6.22. The normalized spacial score (nSPS) is 22.0. The second-order valence-electron chi connectivity index (χ2n) is 5.63. The fourth-order valence-corrected chi connectivity index (χ4v) is 2.85. The maximum absolute atomic E-state index is 5.72. The molecule has 1 aromatic carbocycles. The van der Waals surface area contributed by atoms with Crippen LogP contribution in [0.1, 0.15) is 17.5 Å². The highest BCUT2D eigenvalue weighted by atomic mass is 16.5. The minimum atomic E-state index is -0.0997. The monoisotopic (exact) mass is 286 g/mol. The second-order valence-corrected chi connectivity index (χ2v) is 5.63. The Balaban J connectivity index is 1.59. The molecule has 0 spiro atoms. The molecular formula is C15H18N4O2. The van der Waals surface area contributed by atoms with Gasteiger partial charge in [-0.05, 0) is 37.2 Å². The van der Waals surface area contributed by atoms with Crippen LogP contribution in [0.25, 0.3) is 11.5 Å². The second kappa shape index (κ2) is 5.13. The lowest BCUT2D eigenvalue weighted by Gasteiger charge is -2.27. The minimum Gasteiger partial charge on any atom is -0.384 e. The van der Waals surface area contributed by atoms with Crippen LogP contribution >= 0.6 is 0 Å². The molecule has 110 valence electrons. The number of morpholine rings is 1. The summed E-state index contributed by atoms with van der Waals surface area (Å²) in [5.41, 5.74) is 3.48. The Labute approximate surface area is 123 Å². The van der Waals surface area contributed by atoms with Gasteiger partial charge in [0.2, 0.25) is 5.82 Å². The molecule has 1 aromatic heterocycles. The molecule has 1 atom stereocenters. The van der Waals surface area contributed by atoms with Crippen LogP contribution in [0.3, 0.4) is 0 Å². The molecule has 1 unspecified atom stereocenters. The van der Waals surface area contributed by atoms with Crippen molar-refractivity contribution in [1.29, 1.82) is 0 Å². The summed E-state index contributed by atoms with van der Waals surface area (Å²) in [6.45, 7) is 3.44. The molecule has 4 rings (SSSR count). The molecule has 21 heavy (non-hydrogen) atoms. The number of benzene rings is 1. The molecule has 0 saturated carbocycles. The van der Waals surface area contributed by atoms with Crippen LogP contribution < -0.4 is 5.32 Å². The van der Waals surface area contributed by atoms with Crippen molar-refractivity contribution >= 4 is 5.69 Å². The van der Waals surface area contributed by atoms with Crippen molar-refractivity contribution in [3.63, 3.8) is 0 Å². The van der Waals surface area contributed by atoms with Crippen molar-refractivity contribution in [2.24, 2.45) is 0 Å². The molecule has 1 fully saturated rings. The lowest BCUT2D eigenvalue weighted by atomic mass is 10.1. The van der Waals surface area contributed by atoms with Gasteiger partial charge in [-0.2, -0.15) is 4.98 Å². The van der Waals surface area contributed by atoms with Crippen LogP contribution in [0.2, 0.25) is 0 Å². The zero-order chi connectivity index (χ0) is 14.2. The van der Waals surface area contributed by atoms with Crippen LogP contribution in [0, 0.1) is 0 Å². The highest BCUT2D eigenvalue weighted by molar-refractivity contribution is 5.64. The average Bonchev–Trinajstić information content (AvgIpc) is 3.15. The van der Waals surface area contributed by atoms with E-state index < -0.39 is 0 Å². The molecule has 6 nitrogen and oxygen atoms in total. The quantitative estimate of drug-likeness (QED) is 0.906. The third-order valence-corrected chi connectivity index (χ3v) is 4.06. The maximum atomic E-state index is 5.72. The number of nitrogens with one attached hydrogen (secondary N) is 1. The topological polar surface area (TPSA) is 63.4 Å². The minimum absolute atomic E-state index is 0.0997. The van der Waals surface area contributed by atoms with Gasteiger partial charge < -0.3 is 19.5 Å². The molecule has 0 amide bonds. The van der Waals surface area contributed by atoms with Gasteiger partial charge in [-0.3, -0.25) is 0 Å². The molecule has 2 aliphatic rings. The maximum Gasteiger partial charge on any atom is 0.258 e. The van der Waals surface area contributed by atoms with E-state index in [1.165, 1.54) is 11.3 Å². The summed E-state index contributed by atoms with van der Waals surface area (Å²) < 4.78 is 11.1. The number of rotatable bonds is 2. The van der Waals surface area contributed by atoms with Gasteiger partial charge >= 0.3 is 0 Å². The number of hydrogen-bond donors (Lipinski definition) is 1. The first kappa shape index (κ1) is 12.8. The van der Waals surface area contributed by atoms with Gasteiger partial charge in [-0.25, -0.2) is 0 Å². The van der Waals surface area contributed by atoms with Crippen molar-refractivity contribution in [2.45, 2.75) is 12.5 Å². The van der Waals surface area contributed by atoms with Crippen LogP contribution in [0.5, 0.6) is 0 Å². The summed E-state index contributed by atoms with van der Waals surface area (Å²) >= 11 is 0. The van der Waals surface area contributed by atoms with E-state index in [1.807, 2.05) is 6.07 Å². The van der Waals surface area contributed by atoms with E-state index in [1.54, 1.807) is 0 Å². The first-order valence-corrected chi connectivity index (χ1v) is 7.30. The van der Waals surface area contributed by atoms with Crippen molar-refractivity contribution in [3.8, 4) is 11.5 Å². The predicted molar refractivity (Wildman–Crippen MR) is 78.1 cm³/mol. The Morgan fingerprint density at radius 1 is 1.38 bits per heavy atom. The average molecular weight is 286 g/mol. The van der Waals surface area contributed by atoms with E-state index in [0.29, 0.717) is 18.3 Å². The standard InChI is InChI=1S/C15H18N4O2/c1-19-6-7-20-13(9-19)14-17-15(21-18-14)11-2-3-12-10(8-11)4-5-16-12/h2-3,8,13,16H,4-7,9H2,1H3. The lowest BCUT2D eigenvalue weighted by Crippen LogP contribution is -2.35. The van der Waals surface area contributed by atoms with Crippen molar-refractivity contribution < 1.29 is 9.26 Å². The van der Waals surface area contributed by atoms with E-state index in [4.69, 9.17) is 9.26 Å². The third kappa shape index (κ3) is 2.41. The summed E-state index contributed by atoms with van der Waals surface area (Å²) in [4.78, 5) is 6.73. The van der Waals surface area contributed by atoms with Crippen molar-refractivity contribution in [1.82, 2.24) is 15.0 Å². The molecule has 2 aromatic rings. The van der Waals surface area contributed by atoms with E-state index in [2.05, 4.69) is 39.5 Å². The smallest absolute Gasteiger partial charge is 0.258 e. The first-order chi connectivity index (χ1) is 10.3. The fourth-order valence-electron chi connectivity index (χ4n) is 2.85. The third-order valence-electron chi connectivity index (χ3n) is 4.06. The predicted octanol–water partition coefficient (Wildman–Crippen LogP) is 1.71. The molecule has 2 aliphatic heterocycles. The molecule has 3 heterocycles. The van der Waals surface area contributed by atoms with E-state index >= 15 is 0 Å². The van der Waals surface area contributed by atoms with E-state index in [9.17, 15) is 0 Å². The van der Waals surface area contributed by atoms with Gasteiger partial charge in [0.15, 0.2) is 0 Å². The van der Waals surface area contributed by atoms with Gasteiger partial charge in [0.1, 0.15) is 6.10 Å². The Morgan fingerprint density at radius 3 is 3.24 bits per heavy atom. The molecular weight excluding hydrogens is 268 g/mol. The van der Waals surface area contributed by atoms with Gasteiger partial charge in [0, 0.05) is 30.9 Å². The summed E-state index contributed by atoms with van der Waals surface area (Å²) in [6.07, 6.45) is 0.943. The molecule has 0 aliphatic carbocycles. The van der Waals surface area contributed by atoms with Crippen LogP contribution in [-0.4, -0.2) is 48.3 Å². The molecule has 1 saturated heterocycles. The van der Waals surface area contributed by atoms with E-state index in [-0.39, 0.29) is 6.10 Å². The van der Waals surface area contributed by atoms with Gasteiger partial charge in [-0.1, -0.05) is 5.16 Å². The SMILES string of the molecule is CN1CCOC(c2noc(-c3ccc4c(c3)CCN4)n2)C1. The Bertz CT molecular complexity index is 655. The molecule has 0 bridgehead atoms. The zero-order valence-electron chi connectivity index (χ0n) is 12.0. The number of aromatic nitrogens is 2. The number of hydrogen-bond acceptors (Lipinski definition) is 6. The number of likely N-dealkylation sites (N-methyl/N-ethyl adjacent to an activating group) is 1. The Morgan fingerprint density at radius 2 is 2.33 bits per heavy atom. The lowest BCUT2D eigenvalue weighted by molar-refractivity contribution is -0.0264. The number of nitrogens with zero attached hydrogens (tertiary/aromatic N) is 3. The number of fused-ring (bicyclic) bond motifs is 1. The molecule has 0 radical (unpaired) electrons. The fraction of sp³-hybridized carbons (Fsp3) is 0.467. The summed E-state index contributed by atoms with van der Waals surface area (Å²) in [5, 5.41) is 7.44. The van der Waals surface area contributed by atoms with Gasteiger partial charge in [-0.15, -0.1) is 0 Å². The molecule has 6 heteroatoms. The summed E-state index contributed by atoms with van der Waals surface area (Å²) in [5.74, 6) is 1.20. The largest absolute Gasteiger partial charge is 0.384 e. The van der Waals surface area contributed by atoms with Crippen molar-refractivity contribution in [2.75, 3.05) is 38.6 Å². The van der Waals surface area contributed by atoms with Crippen LogP contribution in [0.4, 0.5) is 5.69 Å². The van der Waals surface area contributed by atoms with Crippen LogP contribution in [-0.2, 0) is 11.2 Å². The number of ether oxygens (including phenoxy) is 1. The van der Waals surface area contributed by atoms with Gasteiger partial charge in [0.05, 0.1) is 6.61 Å². The zero-order valence-corrected chi connectivity index (χ0v) is 12.0. The van der Waals surface area contributed by atoms with E-state index in [0.717, 1.165) is 31.6 Å². The molecule has 1 N–H and O–H groups in total. The Kier molecular flexibility index (Phi) is 3.12. The van der Waals surface area contributed by atoms with Gasteiger partial charge in [0.25, 0.3) is 5.89 Å².